The minimum absolute atomic E-state index is 0.0280. The molecule has 1 aliphatic heterocycles. The zero-order chi connectivity index (χ0) is 16.5. The van der Waals surface area contributed by atoms with Gasteiger partial charge >= 0.3 is 0 Å². The van der Waals surface area contributed by atoms with E-state index in [1.54, 1.807) is 19.9 Å². The summed E-state index contributed by atoms with van der Waals surface area (Å²) in [6, 6.07) is 3.28. The fourth-order valence-corrected chi connectivity index (χ4v) is 3.84. The number of rotatable bonds is 4. The molecule has 0 saturated carbocycles. The smallest absolute Gasteiger partial charge is 0.254 e. The van der Waals surface area contributed by atoms with Crippen LogP contribution in [0.4, 0.5) is 0 Å². The molecule has 0 bridgehead atoms. The molecular formula is C15H23N3O3S. The van der Waals surface area contributed by atoms with Crippen LogP contribution in [0.2, 0.25) is 0 Å². The van der Waals surface area contributed by atoms with Crippen LogP contribution in [-0.2, 0) is 10.0 Å². The van der Waals surface area contributed by atoms with Gasteiger partial charge in [0.1, 0.15) is 0 Å². The number of nitrogens with one attached hydrogen (secondary N) is 1. The van der Waals surface area contributed by atoms with Crippen molar-refractivity contribution in [3.8, 4) is 0 Å². The number of carbonyl (C=O) groups excluding carboxylic acids is 1. The molecule has 1 atom stereocenters. The lowest BCUT2D eigenvalue weighted by molar-refractivity contribution is 0.0736. The summed E-state index contributed by atoms with van der Waals surface area (Å²) in [6.07, 6.45) is 1.92. The molecule has 2 rings (SSSR count). The molecule has 1 aromatic carbocycles. The predicted molar refractivity (Wildman–Crippen MR) is 85.3 cm³/mol. The van der Waals surface area contributed by atoms with Gasteiger partial charge in [-0.2, -0.15) is 0 Å². The molecule has 0 aliphatic carbocycles. The van der Waals surface area contributed by atoms with Crippen LogP contribution in [-0.4, -0.2) is 45.4 Å². The van der Waals surface area contributed by atoms with Crippen molar-refractivity contribution in [1.82, 2.24) is 10.2 Å². The van der Waals surface area contributed by atoms with Gasteiger partial charge in [-0.15, -0.1) is 0 Å². The highest BCUT2D eigenvalue weighted by Gasteiger charge is 2.29. The van der Waals surface area contributed by atoms with E-state index < -0.39 is 10.0 Å². The summed E-state index contributed by atoms with van der Waals surface area (Å²) in [5.74, 6) is -0.134. The first-order valence-electron chi connectivity index (χ1n) is 7.35. The molecular weight excluding hydrogens is 302 g/mol. The number of benzene rings is 1. The van der Waals surface area contributed by atoms with E-state index in [4.69, 9.17) is 5.14 Å². The van der Waals surface area contributed by atoms with Crippen molar-refractivity contribution in [2.75, 3.05) is 20.1 Å². The summed E-state index contributed by atoms with van der Waals surface area (Å²) >= 11 is 0. The Morgan fingerprint density at radius 2 is 2.09 bits per heavy atom. The molecule has 1 fully saturated rings. The maximum absolute atomic E-state index is 12.7. The molecule has 22 heavy (non-hydrogen) atoms. The lowest BCUT2D eigenvalue weighted by atomic mass is 10.0. The molecule has 3 N–H and O–H groups in total. The number of hydrogen-bond acceptors (Lipinski definition) is 4. The molecule has 1 amide bonds. The molecule has 1 aliphatic rings. The van der Waals surface area contributed by atoms with Crippen LogP contribution in [0.25, 0.3) is 0 Å². The summed E-state index contributed by atoms with van der Waals surface area (Å²) in [7, 11) is -1.99. The molecule has 122 valence electrons. The Bertz CT molecular complexity index is 686. The number of likely N-dealkylation sites (tertiary alicyclic amines) is 1. The lowest BCUT2D eigenvalue weighted by Gasteiger charge is -2.25. The summed E-state index contributed by atoms with van der Waals surface area (Å²) in [4.78, 5) is 14.6. The van der Waals surface area contributed by atoms with E-state index in [0.29, 0.717) is 17.7 Å². The number of nitrogens with zero attached hydrogens (tertiary/aromatic N) is 1. The third-order valence-corrected chi connectivity index (χ3v) is 5.29. The highest BCUT2D eigenvalue weighted by molar-refractivity contribution is 7.89. The highest BCUT2D eigenvalue weighted by Crippen LogP contribution is 2.24. The van der Waals surface area contributed by atoms with Gasteiger partial charge in [-0.05, 0) is 57.0 Å². The van der Waals surface area contributed by atoms with Crippen LogP contribution in [0.15, 0.2) is 17.0 Å². The van der Waals surface area contributed by atoms with Crippen LogP contribution in [0.1, 0.15) is 34.3 Å². The molecule has 0 aromatic heterocycles. The van der Waals surface area contributed by atoms with Crippen molar-refractivity contribution in [2.24, 2.45) is 5.14 Å². The third-order valence-electron chi connectivity index (χ3n) is 4.25. The number of amides is 1. The Morgan fingerprint density at radius 1 is 1.41 bits per heavy atom. The predicted octanol–water partition coefficient (Wildman–Crippen LogP) is 0.775. The number of carbonyl (C=O) groups is 1. The number of primary sulfonamides is 1. The minimum Gasteiger partial charge on any atom is -0.334 e. The maximum atomic E-state index is 12.7. The second-order valence-electron chi connectivity index (χ2n) is 5.81. The normalized spacial score (nSPS) is 18.7. The first kappa shape index (κ1) is 16.9. The summed E-state index contributed by atoms with van der Waals surface area (Å²) in [5, 5.41) is 8.35. The third kappa shape index (κ3) is 3.31. The fourth-order valence-electron chi connectivity index (χ4n) is 2.96. The SMILES string of the molecule is CNCC1CCCN1C(=O)c1cc(C)c(C)c(S(N)(=O)=O)c1. The van der Waals surface area contributed by atoms with Crippen molar-refractivity contribution in [1.29, 1.82) is 0 Å². The topological polar surface area (TPSA) is 92.5 Å². The monoisotopic (exact) mass is 325 g/mol. The number of sulfonamides is 1. The fraction of sp³-hybridized carbons (Fsp3) is 0.533. The Morgan fingerprint density at radius 3 is 2.68 bits per heavy atom. The van der Waals surface area contributed by atoms with Gasteiger partial charge < -0.3 is 10.2 Å². The highest BCUT2D eigenvalue weighted by atomic mass is 32.2. The van der Waals surface area contributed by atoms with Crippen molar-refractivity contribution in [3.63, 3.8) is 0 Å². The summed E-state index contributed by atoms with van der Waals surface area (Å²) in [5.41, 5.74) is 1.72. The first-order valence-corrected chi connectivity index (χ1v) is 8.90. The average Bonchev–Trinajstić information content (AvgIpc) is 2.88. The molecule has 1 heterocycles. The van der Waals surface area contributed by atoms with Gasteiger partial charge in [0.05, 0.1) is 4.90 Å². The van der Waals surface area contributed by atoms with E-state index in [-0.39, 0.29) is 16.8 Å². The van der Waals surface area contributed by atoms with Crippen LogP contribution < -0.4 is 10.5 Å². The van der Waals surface area contributed by atoms with Crippen molar-refractivity contribution >= 4 is 15.9 Å². The standard InChI is InChI=1S/C15H23N3O3S/c1-10-7-12(8-14(11(10)2)22(16,20)21)15(19)18-6-4-5-13(18)9-17-3/h7-8,13,17H,4-6,9H2,1-3H3,(H2,16,20,21). The van der Waals surface area contributed by atoms with Gasteiger partial charge in [-0.3, -0.25) is 4.79 Å². The number of hydrogen-bond donors (Lipinski definition) is 2. The van der Waals surface area contributed by atoms with E-state index in [1.807, 2.05) is 11.9 Å². The second kappa shape index (κ2) is 6.36. The van der Waals surface area contributed by atoms with E-state index >= 15 is 0 Å². The summed E-state index contributed by atoms with van der Waals surface area (Å²) < 4.78 is 23.4. The number of nitrogens with two attached hydrogens (primary N) is 1. The quantitative estimate of drug-likeness (QED) is 0.855. The molecule has 0 spiro atoms. The zero-order valence-corrected chi connectivity index (χ0v) is 14.0. The van der Waals surface area contributed by atoms with Crippen molar-refractivity contribution in [3.05, 3.63) is 28.8 Å². The van der Waals surface area contributed by atoms with Crippen LogP contribution in [0.3, 0.4) is 0 Å². The minimum atomic E-state index is -3.84. The Kier molecular flexibility index (Phi) is 4.89. The molecule has 1 unspecified atom stereocenters. The molecule has 7 heteroatoms. The van der Waals surface area contributed by atoms with Crippen LogP contribution >= 0.6 is 0 Å². The number of likely N-dealkylation sites (N-methyl/N-ethyl adjacent to an activating group) is 1. The second-order valence-corrected chi connectivity index (χ2v) is 7.34. The zero-order valence-electron chi connectivity index (χ0n) is 13.2. The van der Waals surface area contributed by atoms with Gasteiger partial charge in [-0.25, -0.2) is 13.6 Å². The van der Waals surface area contributed by atoms with Crippen LogP contribution in [0.5, 0.6) is 0 Å². The van der Waals surface area contributed by atoms with Crippen molar-refractivity contribution in [2.45, 2.75) is 37.6 Å². The van der Waals surface area contributed by atoms with Gasteiger partial charge in [0.15, 0.2) is 0 Å². The van der Waals surface area contributed by atoms with Crippen LogP contribution in [0, 0.1) is 13.8 Å². The van der Waals surface area contributed by atoms with E-state index in [1.165, 1.54) is 6.07 Å². The molecule has 1 saturated heterocycles. The van der Waals surface area contributed by atoms with E-state index in [0.717, 1.165) is 24.9 Å². The molecule has 0 radical (unpaired) electrons. The number of aryl methyl sites for hydroxylation is 1. The Balaban J connectivity index is 2.40. The average molecular weight is 325 g/mol. The van der Waals surface area contributed by atoms with Gasteiger partial charge in [0.2, 0.25) is 10.0 Å². The summed E-state index contributed by atoms with van der Waals surface area (Å²) in [6.45, 7) is 4.92. The molecule has 1 aromatic rings. The van der Waals surface area contributed by atoms with Gasteiger partial charge in [0.25, 0.3) is 5.91 Å². The maximum Gasteiger partial charge on any atom is 0.254 e. The largest absolute Gasteiger partial charge is 0.334 e. The van der Waals surface area contributed by atoms with E-state index in [9.17, 15) is 13.2 Å². The van der Waals surface area contributed by atoms with Gasteiger partial charge in [0, 0.05) is 24.7 Å². The lowest BCUT2D eigenvalue weighted by Crippen LogP contribution is -2.41. The Hall–Kier alpha value is -1.44. The Labute approximate surface area is 131 Å². The van der Waals surface area contributed by atoms with E-state index in [2.05, 4.69) is 5.32 Å². The first-order chi connectivity index (χ1) is 10.3. The van der Waals surface area contributed by atoms with Crippen molar-refractivity contribution < 1.29 is 13.2 Å². The van der Waals surface area contributed by atoms with Gasteiger partial charge in [-0.1, -0.05) is 0 Å². The molecule has 6 nitrogen and oxygen atoms in total.